The Balaban J connectivity index is 1.89. The van der Waals surface area contributed by atoms with E-state index in [2.05, 4.69) is 11.6 Å². The first kappa shape index (κ1) is 19.4. The Kier molecular flexibility index (Phi) is 6.66. The number of aryl methyl sites for hydroxylation is 1. The van der Waals surface area contributed by atoms with Crippen molar-refractivity contribution in [3.8, 4) is 0 Å². The number of benzene rings is 1. The van der Waals surface area contributed by atoms with Crippen LogP contribution in [0.3, 0.4) is 0 Å². The SMILES string of the molecule is C=C(C)CN(CC)C(=O)COC(=O)CCn1cnc2ccccc2c1=O. The average molecular weight is 357 g/mol. The van der Waals surface area contributed by atoms with Gasteiger partial charge in [0.1, 0.15) is 0 Å². The maximum absolute atomic E-state index is 12.3. The summed E-state index contributed by atoms with van der Waals surface area (Å²) in [6, 6.07) is 7.02. The van der Waals surface area contributed by atoms with Crippen molar-refractivity contribution in [1.29, 1.82) is 0 Å². The monoisotopic (exact) mass is 357 g/mol. The molecule has 138 valence electrons. The first-order chi connectivity index (χ1) is 12.4. The maximum atomic E-state index is 12.3. The van der Waals surface area contributed by atoms with Crippen LogP contribution in [-0.4, -0.2) is 46.0 Å². The molecule has 1 aromatic carbocycles. The minimum absolute atomic E-state index is 0.0141. The minimum Gasteiger partial charge on any atom is -0.456 e. The van der Waals surface area contributed by atoms with Crippen molar-refractivity contribution >= 4 is 22.8 Å². The Labute approximate surface area is 151 Å². The minimum atomic E-state index is -0.537. The summed E-state index contributed by atoms with van der Waals surface area (Å²) in [7, 11) is 0. The number of nitrogens with zero attached hydrogens (tertiary/aromatic N) is 3. The zero-order chi connectivity index (χ0) is 19.1. The highest BCUT2D eigenvalue weighted by atomic mass is 16.5. The quantitative estimate of drug-likeness (QED) is 0.531. The Bertz CT molecular complexity index is 872. The van der Waals surface area contributed by atoms with E-state index in [1.54, 1.807) is 29.2 Å². The predicted molar refractivity (Wildman–Crippen MR) is 98.6 cm³/mol. The fraction of sp³-hybridized carbons (Fsp3) is 0.368. The molecule has 0 bridgehead atoms. The highest BCUT2D eigenvalue weighted by Gasteiger charge is 2.14. The Morgan fingerprint density at radius 3 is 2.73 bits per heavy atom. The molecule has 26 heavy (non-hydrogen) atoms. The zero-order valence-corrected chi connectivity index (χ0v) is 15.1. The fourth-order valence-electron chi connectivity index (χ4n) is 2.48. The molecule has 0 saturated heterocycles. The van der Waals surface area contributed by atoms with Gasteiger partial charge in [0.05, 0.1) is 23.7 Å². The van der Waals surface area contributed by atoms with E-state index in [-0.39, 0.29) is 31.0 Å². The molecule has 1 aromatic heterocycles. The smallest absolute Gasteiger partial charge is 0.308 e. The van der Waals surface area contributed by atoms with Crippen molar-refractivity contribution < 1.29 is 14.3 Å². The molecule has 0 radical (unpaired) electrons. The second-order valence-electron chi connectivity index (χ2n) is 6.04. The van der Waals surface area contributed by atoms with Crippen LogP contribution in [0.15, 0.2) is 47.5 Å². The lowest BCUT2D eigenvalue weighted by atomic mass is 10.2. The summed E-state index contributed by atoms with van der Waals surface area (Å²) in [6.45, 7) is 8.24. The van der Waals surface area contributed by atoms with Crippen LogP contribution >= 0.6 is 0 Å². The van der Waals surface area contributed by atoms with Gasteiger partial charge >= 0.3 is 5.97 Å². The highest BCUT2D eigenvalue weighted by molar-refractivity contribution is 5.81. The number of rotatable bonds is 8. The number of likely N-dealkylation sites (N-methyl/N-ethyl adjacent to an activating group) is 1. The van der Waals surface area contributed by atoms with Crippen LogP contribution in [0.5, 0.6) is 0 Å². The Morgan fingerprint density at radius 2 is 2.04 bits per heavy atom. The average Bonchev–Trinajstić information content (AvgIpc) is 2.63. The van der Waals surface area contributed by atoms with Crippen LogP contribution in [0, 0.1) is 0 Å². The third-order valence-corrected chi connectivity index (χ3v) is 3.84. The van der Waals surface area contributed by atoms with Gasteiger partial charge in [0, 0.05) is 19.6 Å². The van der Waals surface area contributed by atoms with E-state index in [0.29, 0.717) is 24.0 Å². The normalized spacial score (nSPS) is 10.5. The first-order valence-corrected chi connectivity index (χ1v) is 8.44. The molecule has 0 atom stereocenters. The molecule has 0 fully saturated rings. The summed E-state index contributed by atoms with van der Waals surface area (Å²) in [5.74, 6) is -0.807. The predicted octanol–water partition coefficient (Wildman–Crippen LogP) is 1.75. The van der Waals surface area contributed by atoms with Gasteiger partial charge in [-0.05, 0) is 26.0 Å². The number of hydrogen-bond acceptors (Lipinski definition) is 5. The molecule has 0 N–H and O–H groups in total. The van der Waals surface area contributed by atoms with Crippen LogP contribution in [0.4, 0.5) is 0 Å². The molecule has 7 nitrogen and oxygen atoms in total. The van der Waals surface area contributed by atoms with Crippen molar-refractivity contribution in [3.63, 3.8) is 0 Å². The number of hydrogen-bond donors (Lipinski definition) is 0. The number of aromatic nitrogens is 2. The van der Waals surface area contributed by atoms with Crippen molar-refractivity contribution in [2.45, 2.75) is 26.8 Å². The summed E-state index contributed by atoms with van der Waals surface area (Å²) in [4.78, 5) is 42.0. The van der Waals surface area contributed by atoms with Gasteiger partial charge in [-0.2, -0.15) is 0 Å². The van der Waals surface area contributed by atoms with Crippen molar-refractivity contribution in [1.82, 2.24) is 14.5 Å². The number of amides is 1. The molecule has 0 aliphatic rings. The molecule has 0 saturated carbocycles. The van der Waals surface area contributed by atoms with Crippen LogP contribution < -0.4 is 5.56 Å². The third-order valence-electron chi connectivity index (χ3n) is 3.84. The van der Waals surface area contributed by atoms with Gasteiger partial charge in [-0.3, -0.25) is 19.0 Å². The summed E-state index contributed by atoms with van der Waals surface area (Å²) in [5.41, 5.74) is 1.26. The van der Waals surface area contributed by atoms with Gasteiger partial charge in [0.2, 0.25) is 0 Å². The van der Waals surface area contributed by atoms with Crippen molar-refractivity contribution in [3.05, 3.63) is 53.1 Å². The largest absolute Gasteiger partial charge is 0.456 e. The molecule has 7 heteroatoms. The van der Waals surface area contributed by atoms with Crippen molar-refractivity contribution in [2.24, 2.45) is 0 Å². The molecule has 0 aliphatic heterocycles. The van der Waals surface area contributed by atoms with Gasteiger partial charge in [0.15, 0.2) is 6.61 Å². The van der Waals surface area contributed by atoms with Crippen molar-refractivity contribution in [2.75, 3.05) is 19.7 Å². The number of esters is 1. The lowest BCUT2D eigenvalue weighted by Gasteiger charge is -2.20. The maximum Gasteiger partial charge on any atom is 0.308 e. The summed E-state index contributed by atoms with van der Waals surface area (Å²) >= 11 is 0. The lowest BCUT2D eigenvalue weighted by Crippen LogP contribution is -2.35. The van der Waals surface area contributed by atoms with E-state index >= 15 is 0 Å². The molecular weight excluding hydrogens is 334 g/mol. The molecule has 2 rings (SSSR count). The van der Waals surface area contributed by atoms with E-state index in [0.717, 1.165) is 5.57 Å². The number of ether oxygens (including phenoxy) is 1. The van der Waals surface area contributed by atoms with Crippen LogP contribution in [0.25, 0.3) is 10.9 Å². The van der Waals surface area contributed by atoms with Gasteiger partial charge < -0.3 is 9.64 Å². The Morgan fingerprint density at radius 1 is 1.31 bits per heavy atom. The molecule has 0 aliphatic carbocycles. The van der Waals surface area contributed by atoms with Crippen LogP contribution in [0.2, 0.25) is 0 Å². The molecule has 0 unspecified atom stereocenters. The van der Waals surface area contributed by atoms with Gasteiger partial charge in [-0.1, -0.05) is 24.3 Å². The van der Waals surface area contributed by atoms with Crippen LogP contribution in [0.1, 0.15) is 20.3 Å². The summed E-state index contributed by atoms with van der Waals surface area (Å²) < 4.78 is 6.39. The molecular formula is C19H23N3O4. The van der Waals surface area contributed by atoms with Gasteiger partial charge in [-0.15, -0.1) is 0 Å². The summed E-state index contributed by atoms with van der Waals surface area (Å²) in [5, 5.41) is 0.497. The van der Waals surface area contributed by atoms with Gasteiger partial charge in [0.25, 0.3) is 11.5 Å². The van der Waals surface area contributed by atoms with E-state index in [1.807, 2.05) is 13.8 Å². The summed E-state index contributed by atoms with van der Waals surface area (Å²) in [6.07, 6.45) is 1.40. The van der Waals surface area contributed by atoms with Crippen LogP contribution in [-0.2, 0) is 20.9 Å². The van der Waals surface area contributed by atoms with E-state index in [4.69, 9.17) is 4.74 Å². The number of para-hydroxylation sites is 1. The topological polar surface area (TPSA) is 81.5 Å². The lowest BCUT2D eigenvalue weighted by molar-refractivity contribution is -0.152. The second kappa shape index (κ2) is 8.94. The van der Waals surface area contributed by atoms with E-state index < -0.39 is 5.97 Å². The number of carbonyl (C=O) groups is 2. The van der Waals surface area contributed by atoms with E-state index in [9.17, 15) is 14.4 Å². The number of carbonyl (C=O) groups excluding carboxylic acids is 2. The first-order valence-electron chi connectivity index (χ1n) is 8.44. The Hall–Kier alpha value is -2.96. The fourth-order valence-corrected chi connectivity index (χ4v) is 2.48. The molecule has 2 aromatic rings. The molecule has 1 amide bonds. The molecule has 1 heterocycles. The van der Waals surface area contributed by atoms with E-state index in [1.165, 1.54) is 10.9 Å². The third kappa shape index (κ3) is 5.02. The highest BCUT2D eigenvalue weighted by Crippen LogP contribution is 2.05. The molecule has 0 spiro atoms. The second-order valence-corrected chi connectivity index (χ2v) is 6.04. The number of fused-ring (bicyclic) bond motifs is 1. The van der Waals surface area contributed by atoms with Gasteiger partial charge in [-0.25, -0.2) is 4.98 Å². The standard InChI is InChI=1S/C19H23N3O4/c1-4-21(11-14(2)3)17(23)12-26-18(24)9-10-22-13-20-16-8-6-5-7-15(16)19(22)25/h5-8,13H,2,4,9-12H2,1,3H3. The zero-order valence-electron chi connectivity index (χ0n) is 15.1.